The number of nitrogens with zero attached hydrogens (tertiary/aromatic N) is 3. The lowest BCUT2D eigenvalue weighted by Crippen LogP contribution is -2.27. The molecule has 0 aliphatic carbocycles. The summed E-state index contributed by atoms with van der Waals surface area (Å²) in [7, 11) is 0. The van der Waals surface area contributed by atoms with E-state index in [2.05, 4.69) is 34.0 Å². The molecule has 1 aromatic carbocycles. The number of nitrogens with one attached hydrogen (secondary N) is 1. The molecule has 2 aromatic rings. The van der Waals surface area contributed by atoms with Crippen LogP contribution >= 0.6 is 0 Å². The van der Waals surface area contributed by atoms with Gasteiger partial charge in [0.25, 0.3) is 0 Å². The maximum Gasteiger partial charge on any atom is 0.227 e. The van der Waals surface area contributed by atoms with Crippen LogP contribution in [0.2, 0.25) is 0 Å². The Morgan fingerprint density at radius 2 is 1.77 bits per heavy atom. The molecule has 6 heteroatoms. The summed E-state index contributed by atoms with van der Waals surface area (Å²) in [6.07, 6.45) is 3.66. The average Bonchev–Trinajstić information content (AvgIpc) is 2.51. The van der Waals surface area contributed by atoms with Crippen molar-refractivity contribution in [1.29, 1.82) is 0 Å². The van der Waals surface area contributed by atoms with Crippen LogP contribution in [0.25, 0.3) is 0 Å². The van der Waals surface area contributed by atoms with Crippen LogP contribution in [0.15, 0.2) is 30.5 Å². The highest BCUT2D eigenvalue weighted by Gasteiger charge is 2.09. The van der Waals surface area contributed by atoms with Crippen molar-refractivity contribution in [3.05, 3.63) is 42.1 Å². The van der Waals surface area contributed by atoms with Crippen molar-refractivity contribution >= 4 is 17.5 Å². The summed E-state index contributed by atoms with van der Waals surface area (Å²) in [5, 5.41) is 2.97. The summed E-state index contributed by atoms with van der Waals surface area (Å²) < 4.78 is 26.2. The van der Waals surface area contributed by atoms with E-state index in [1.165, 1.54) is 6.07 Å². The van der Waals surface area contributed by atoms with E-state index in [4.69, 9.17) is 0 Å². The molecule has 118 valence electrons. The summed E-state index contributed by atoms with van der Waals surface area (Å²) in [5.41, 5.74) is 0.445. The van der Waals surface area contributed by atoms with Crippen LogP contribution in [0.3, 0.4) is 0 Å². The molecule has 0 saturated carbocycles. The topological polar surface area (TPSA) is 41.1 Å². The van der Waals surface area contributed by atoms with Gasteiger partial charge in [0.05, 0.1) is 0 Å². The van der Waals surface area contributed by atoms with E-state index in [0.29, 0.717) is 17.5 Å². The zero-order valence-corrected chi connectivity index (χ0v) is 12.8. The first-order valence-electron chi connectivity index (χ1n) is 7.44. The maximum atomic E-state index is 13.2. The molecule has 1 aromatic heterocycles. The molecule has 1 heterocycles. The molecule has 0 bridgehead atoms. The van der Waals surface area contributed by atoms with Crippen molar-refractivity contribution in [3.63, 3.8) is 0 Å². The minimum absolute atomic E-state index is 0.445. The molecule has 0 atom stereocenters. The standard InChI is InChI=1S/C16H20F2N4/c1-3-9-22(10-4-2)16-19-8-7-15(21-16)20-12-5-6-13(17)14(18)11-12/h5-8,11H,3-4,9-10H2,1-2H3,(H,19,20,21). The van der Waals surface area contributed by atoms with E-state index >= 15 is 0 Å². The van der Waals surface area contributed by atoms with Gasteiger partial charge in [-0.05, 0) is 31.0 Å². The summed E-state index contributed by atoms with van der Waals surface area (Å²) >= 11 is 0. The van der Waals surface area contributed by atoms with E-state index in [1.807, 2.05) is 0 Å². The van der Waals surface area contributed by atoms with Gasteiger partial charge < -0.3 is 10.2 Å². The molecule has 0 radical (unpaired) electrons. The van der Waals surface area contributed by atoms with E-state index < -0.39 is 11.6 Å². The van der Waals surface area contributed by atoms with Gasteiger partial charge in [-0.15, -0.1) is 0 Å². The van der Waals surface area contributed by atoms with Crippen molar-refractivity contribution in [2.45, 2.75) is 26.7 Å². The van der Waals surface area contributed by atoms with Gasteiger partial charge in [0.15, 0.2) is 11.6 Å². The minimum Gasteiger partial charge on any atom is -0.341 e. The zero-order chi connectivity index (χ0) is 15.9. The Hall–Kier alpha value is -2.24. The minimum atomic E-state index is -0.891. The van der Waals surface area contributed by atoms with Crippen molar-refractivity contribution < 1.29 is 8.78 Å². The number of aromatic nitrogens is 2. The van der Waals surface area contributed by atoms with Crippen LogP contribution in [0.1, 0.15) is 26.7 Å². The quantitative estimate of drug-likeness (QED) is 0.835. The fraction of sp³-hybridized carbons (Fsp3) is 0.375. The van der Waals surface area contributed by atoms with Crippen molar-refractivity contribution in [2.24, 2.45) is 0 Å². The van der Waals surface area contributed by atoms with Crippen LogP contribution in [0, 0.1) is 11.6 Å². The van der Waals surface area contributed by atoms with Crippen LogP contribution in [-0.2, 0) is 0 Å². The second-order valence-corrected chi connectivity index (χ2v) is 4.98. The third-order valence-corrected chi connectivity index (χ3v) is 3.10. The van der Waals surface area contributed by atoms with Gasteiger partial charge in [0, 0.05) is 31.0 Å². The summed E-state index contributed by atoms with van der Waals surface area (Å²) in [6, 6.07) is 5.35. The summed E-state index contributed by atoms with van der Waals surface area (Å²) in [5.74, 6) is -0.576. The Labute approximate surface area is 129 Å². The van der Waals surface area contributed by atoms with Crippen molar-refractivity contribution in [3.8, 4) is 0 Å². The molecule has 0 spiro atoms. The van der Waals surface area contributed by atoms with Crippen molar-refractivity contribution in [1.82, 2.24) is 9.97 Å². The summed E-state index contributed by atoms with van der Waals surface area (Å²) in [6.45, 7) is 5.96. The average molecular weight is 306 g/mol. The molecule has 0 unspecified atom stereocenters. The van der Waals surface area contributed by atoms with Gasteiger partial charge in [0.2, 0.25) is 5.95 Å². The van der Waals surface area contributed by atoms with E-state index in [0.717, 1.165) is 38.1 Å². The molecule has 1 N–H and O–H groups in total. The lowest BCUT2D eigenvalue weighted by molar-refractivity contribution is 0.509. The Bertz CT molecular complexity index is 613. The van der Waals surface area contributed by atoms with Crippen LogP contribution in [0.5, 0.6) is 0 Å². The highest BCUT2D eigenvalue weighted by atomic mass is 19.2. The maximum absolute atomic E-state index is 13.2. The Morgan fingerprint density at radius 3 is 2.41 bits per heavy atom. The molecule has 22 heavy (non-hydrogen) atoms. The van der Waals surface area contributed by atoms with Gasteiger partial charge in [-0.1, -0.05) is 13.8 Å². The normalized spacial score (nSPS) is 10.5. The Balaban J connectivity index is 2.18. The van der Waals surface area contributed by atoms with E-state index in [1.54, 1.807) is 12.3 Å². The van der Waals surface area contributed by atoms with Crippen LogP contribution < -0.4 is 10.2 Å². The van der Waals surface area contributed by atoms with Gasteiger partial charge in [-0.25, -0.2) is 13.8 Å². The number of halogens is 2. The zero-order valence-electron chi connectivity index (χ0n) is 12.8. The van der Waals surface area contributed by atoms with E-state index in [-0.39, 0.29) is 0 Å². The van der Waals surface area contributed by atoms with E-state index in [9.17, 15) is 8.78 Å². The molecule has 0 saturated heterocycles. The third-order valence-electron chi connectivity index (χ3n) is 3.10. The molecule has 2 rings (SSSR count). The lowest BCUT2D eigenvalue weighted by atomic mass is 10.3. The van der Waals surface area contributed by atoms with Gasteiger partial charge in [0.1, 0.15) is 5.82 Å². The molecule has 4 nitrogen and oxygen atoms in total. The smallest absolute Gasteiger partial charge is 0.227 e. The van der Waals surface area contributed by atoms with Crippen molar-refractivity contribution in [2.75, 3.05) is 23.3 Å². The summed E-state index contributed by atoms with van der Waals surface area (Å²) in [4.78, 5) is 10.8. The van der Waals surface area contributed by atoms with Crippen LogP contribution in [-0.4, -0.2) is 23.1 Å². The monoisotopic (exact) mass is 306 g/mol. The second kappa shape index (κ2) is 7.68. The second-order valence-electron chi connectivity index (χ2n) is 4.98. The number of rotatable bonds is 7. The van der Waals surface area contributed by atoms with Gasteiger partial charge >= 0.3 is 0 Å². The highest BCUT2D eigenvalue weighted by molar-refractivity contribution is 5.57. The third kappa shape index (κ3) is 4.13. The molecule has 0 aliphatic heterocycles. The first kappa shape index (κ1) is 16.1. The number of hydrogen-bond donors (Lipinski definition) is 1. The Morgan fingerprint density at radius 1 is 1.05 bits per heavy atom. The largest absolute Gasteiger partial charge is 0.341 e. The molecular formula is C16H20F2N4. The fourth-order valence-electron chi connectivity index (χ4n) is 2.14. The molecule has 0 amide bonds. The fourth-order valence-corrected chi connectivity index (χ4v) is 2.14. The number of hydrogen-bond acceptors (Lipinski definition) is 4. The lowest BCUT2D eigenvalue weighted by Gasteiger charge is -2.21. The molecular weight excluding hydrogens is 286 g/mol. The number of benzene rings is 1. The first-order valence-corrected chi connectivity index (χ1v) is 7.44. The first-order chi connectivity index (χ1) is 10.6. The van der Waals surface area contributed by atoms with Crippen LogP contribution in [0.4, 0.5) is 26.2 Å². The SMILES string of the molecule is CCCN(CCC)c1nccc(Nc2ccc(F)c(F)c2)n1. The highest BCUT2D eigenvalue weighted by Crippen LogP contribution is 2.19. The molecule has 0 aliphatic rings. The Kier molecular flexibility index (Phi) is 5.63. The predicted molar refractivity (Wildman–Crippen MR) is 84.5 cm³/mol. The molecule has 0 fully saturated rings. The number of anilines is 3. The predicted octanol–water partition coefficient (Wildman–Crippen LogP) is 4.12. The van der Waals surface area contributed by atoms with Gasteiger partial charge in [-0.3, -0.25) is 0 Å². The van der Waals surface area contributed by atoms with Gasteiger partial charge in [-0.2, -0.15) is 4.98 Å².